The molecular weight excluding hydrogens is 284 g/mol. The molecule has 0 spiro atoms. The van der Waals surface area contributed by atoms with Crippen LogP contribution in [0.25, 0.3) is 0 Å². The molecule has 1 aliphatic rings. The third-order valence-electron chi connectivity index (χ3n) is 4.80. The molecule has 1 amide bonds. The van der Waals surface area contributed by atoms with Crippen molar-refractivity contribution in [2.75, 3.05) is 19.6 Å². The lowest BCUT2D eigenvalue weighted by Crippen LogP contribution is -2.31. The van der Waals surface area contributed by atoms with Crippen LogP contribution < -0.4 is 5.73 Å². The number of likely N-dealkylation sites (tertiary alicyclic amines) is 1. The first kappa shape index (κ1) is 15.8. The molecule has 0 aliphatic carbocycles. The molecule has 1 aliphatic heterocycles. The minimum Gasteiger partial charge on any atom is -0.341 e. The lowest BCUT2D eigenvalue weighted by atomic mass is 9.89. The fraction of sp³-hybridized carbons (Fsp3) is 0.350. The van der Waals surface area contributed by atoms with Crippen LogP contribution in [0.5, 0.6) is 0 Å². The second-order valence-electron chi connectivity index (χ2n) is 6.47. The summed E-state index contributed by atoms with van der Waals surface area (Å²) in [7, 11) is 0. The standard InChI is InChI=1S/C20H24N2O/c1-15-7-9-16(10-8-15)11-20(23)22-13-18(12-21)19(14-22)17-5-3-2-4-6-17/h2-10,18-19H,11-14,21H2,1H3/t18-,19+/m1/s1. The number of aryl methyl sites for hydroxylation is 1. The maximum absolute atomic E-state index is 12.6. The van der Waals surface area contributed by atoms with Gasteiger partial charge in [0.05, 0.1) is 6.42 Å². The van der Waals surface area contributed by atoms with Gasteiger partial charge in [-0.2, -0.15) is 0 Å². The summed E-state index contributed by atoms with van der Waals surface area (Å²) in [5.41, 5.74) is 9.54. The lowest BCUT2D eigenvalue weighted by molar-refractivity contribution is -0.129. The normalized spacial score (nSPS) is 20.7. The van der Waals surface area contributed by atoms with Crippen molar-refractivity contribution in [1.29, 1.82) is 0 Å². The fourth-order valence-electron chi connectivity index (χ4n) is 3.38. The zero-order valence-corrected chi connectivity index (χ0v) is 13.6. The maximum atomic E-state index is 12.6. The smallest absolute Gasteiger partial charge is 0.227 e. The van der Waals surface area contributed by atoms with Crippen LogP contribution in [0.15, 0.2) is 54.6 Å². The van der Waals surface area contributed by atoms with Gasteiger partial charge in [0.25, 0.3) is 0 Å². The molecule has 0 radical (unpaired) electrons. The summed E-state index contributed by atoms with van der Waals surface area (Å²) in [5, 5.41) is 0. The van der Waals surface area contributed by atoms with E-state index in [0.29, 0.717) is 24.8 Å². The zero-order valence-electron chi connectivity index (χ0n) is 13.6. The number of hydrogen-bond donors (Lipinski definition) is 1. The molecule has 1 heterocycles. The Hall–Kier alpha value is -2.13. The Bertz CT molecular complexity index is 651. The molecule has 2 aromatic rings. The molecule has 0 unspecified atom stereocenters. The number of carbonyl (C=O) groups is 1. The predicted octanol–water partition coefficient (Wildman–Crippen LogP) is 2.74. The molecular formula is C20H24N2O. The van der Waals surface area contributed by atoms with Crippen molar-refractivity contribution in [3.05, 3.63) is 71.3 Å². The van der Waals surface area contributed by atoms with Crippen molar-refractivity contribution in [3.8, 4) is 0 Å². The van der Waals surface area contributed by atoms with Crippen LogP contribution in [0, 0.1) is 12.8 Å². The highest BCUT2D eigenvalue weighted by atomic mass is 16.2. The summed E-state index contributed by atoms with van der Waals surface area (Å²) in [6.07, 6.45) is 0.471. The van der Waals surface area contributed by atoms with E-state index in [1.165, 1.54) is 11.1 Å². The number of rotatable bonds is 4. The first-order valence-electron chi connectivity index (χ1n) is 8.25. The van der Waals surface area contributed by atoms with E-state index in [1.54, 1.807) is 0 Å². The van der Waals surface area contributed by atoms with Gasteiger partial charge in [0.1, 0.15) is 0 Å². The molecule has 120 valence electrons. The molecule has 2 aromatic carbocycles. The molecule has 2 N–H and O–H groups in total. The van der Waals surface area contributed by atoms with Gasteiger partial charge in [-0.1, -0.05) is 60.2 Å². The van der Waals surface area contributed by atoms with Gasteiger partial charge >= 0.3 is 0 Å². The predicted molar refractivity (Wildman–Crippen MR) is 93.2 cm³/mol. The molecule has 3 rings (SSSR count). The average molecular weight is 308 g/mol. The van der Waals surface area contributed by atoms with Gasteiger partial charge in [0, 0.05) is 19.0 Å². The van der Waals surface area contributed by atoms with Crippen molar-refractivity contribution in [1.82, 2.24) is 4.90 Å². The fourth-order valence-corrected chi connectivity index (χ4v) is 3.38. The van der Waals surface area contributed by atoms with Crippen molar-refractivity contribution in [2.45, 2.75) is 19.3 Å². The Kier molecular flexibility index (Phi) is 4.77. The van der Waals surface area contributed by atoms with Gasteiger partial charge in [-0.25, -0.2) is 0 Å². The van der Waals surface area contributed by atoms with Gasteiger partial charge < -0.3 is 10.6 Å². The average Bonchev–Trinajstić information content (AvgIpc) is 3.02. The Morgan fingerprint density at radius 1 is 1.09 bits per heavy atom. The van der Waals surface area contributed by atoms with Crippen molar-refractivity contribution < 1.29 is 4.79 Å². The minimum absolute atomic E-state index is 0.200. The molecule has 23 heavy (non-hydrogen) atoms. The molecule has 0 saturated carbocycles. The Morgan fingerprint density at radius 3 is 2.43 bits per heavy atom. The van der Waals surface area contributed by atoms with E-state index < -0.39 is 0 Å². The van der Waals surface area contributed by atoms with Crippen molar-refractivity contribution >= 4 is 5.91 Å². The lowest BCUT2D eigenvalue weighted by Gasteiger charge is -2.17. The molecule has 0 aromatic heterocycles. The number of hydrogen-bond acceptors (Lipinski definition) is 2. The number of nitrogens with two attached hydrogens (primary N) is 1. The SMILES string of the molecule is Cc1ccc(CC(=O)N2C[C@@H](CN)[C@H](c3ccccc3)C2)cc1. The second-order valence-corrected chi connectivity index (χ2v) is 6.47. The van der Waals surface area contributed by atoms with E-state index in [1.807, 2.05) is 23.1 Å². The molecule has 3 heteroatoms. The van der Waals surface area contributed by atoms with Gasteiger partial charge in [-0.05, 0) is 30.5 Å². The summed E-state index contributed by atoms with van der Waals surface area (Å²) in [4.78, 5) is 14.6. The first-order valence-corrected chi connectivity index (χ1v) is 8.25. The third-order valence-corrected chi connectivity index (χ3v) is 4.80. The van der Waals surface area contributed by atoms with Crippen LogP contribution in [0.2, 0.25) is 0 Å². The van der Waals surface area contributed by atoms with Crippen LogP contribution in [-0.2, 0) is 11.2 Å². The Labute approximate surface area is 138 Å². The van der Waals surface area contributed by atoms with Crippen LogP contribution in [-0.4, -0.2) is 30.4 Å². The van der Waals surface area contributed by atoms with E-state index >= 15 is 0 Å². The van der Waals surface area contributed by atoms with Crippen LogP contribution in [0.4, 0.5) is 0 Å². The summed E-state index contributed by atoms with van der Waals surface area (Å²) in [6, 6.07) is 18.6. The minimum atomic E-state index is 0.200. The van der Waals surface area contributed by atoms with Gasteiger partial charge in [0.2, 0.25) is 5.91 Å². The quantitative estimate of drug-likeness (QED) is 0.944. The summed E-state index contributed by atoms with van der Waals surface area (Å²) < 4.78 is 0. The number of benzene rings is 2. The Morgan fingerprint density at radius 2 is 1.78 bits per heavy atom. The van der Waals surface area contributed by atoms with E-state index in [0.717, 1.165) is 18.7 Å². The third kappa shape index (κ3) is 3.62. The second kappa shape index (κ2) is 6.97. The van der Waals surface area contributed by atoms with E-state index in [4.69, 9.17) is 5.73 Å². The van der Waals surface area contributed by atoms with E-state index in [2.05, 4.69) is 43.3 Å². The molecule has 0 bridgehead atoms. The number of nitrogens with zero attached hydrogens (tertiary/aromatic N) is 1. The summed E-state index contributed by atoms with van der Waals surface area (Å²) in [6.45, 7) is 4.22. The van der Waals surface area contributed by atoms with Gasteiger partial charge in [-0.15, -0.1) is 0 Å². The number of carbonyl (C=O) groups excluding carboxylic acids is 1. The van der Waals surface area contributed by atoms with E-state index in [-0.39, 0.29) is 5.91 Å². The van der Waals surface area contributed by atoms with Crippen LogP contribution in [0.3, 0.4) is 0 Å². The molecule has 3 nitrogen and oxygen atoms in total. The topological polar surface area (TPSA) is 46.3 Å². The molecule has 2 atom stereocenters. The van der Waals surface area contributed by atoms with Crippen LogP contribution in [0.1, 0.15) is 22.6 Å². The highest BCUT2D eigenvalue weighted by molar-refractivity contribution is 5.79. The molecule has 1 fully saturated rings. The Balaban J connectivity index is 1.69. The zero-order chi connectivity index (χ0) is 16.2. The van der Waals surface area contributed by atoms with Crippen LogP contribution >= 0.6 is 0 Å². The highest BCUT2D eigenvalue weighted by Gasteiger charge is 2.34. The maximum Gasteiger partial charge on any atom is 0.227 e. The van der Waals surface area contributed by atoms with E-state index in [9.17, 15) is 4.79 Å². The number of amides is 1. The molecule has 1 saturated heterocycles. The summed E-state index contributed by atoms with van der Waals surface area (Å²) >= 11 is 0. The monoisotopic (exact) mass is 308 g/mol. The largest absolute Gasteiger partial charge is 0.341 e. The van der Waals surface area contributed by atoms with Gasteiger partial charge in [-0.3, -0.25) is 4.79 Å². The first-order chi connectivity index (χ1) is 11.2. The summed E-state index contributed by atoms with van der Waals surface area (Å²) in [5.74, 6) is 0.897. The van der Waals surface area contributed by atoms with Crippen molar-refractivity contribution in [3.63, 3.8) is 0 Å². The van der Waals surface area contributed by atoms with Gasteiger partial charge in [0.15, 0.2) is 0 Å². The highest BCUT2D eigenvalue weighted by Crippen LogP contribution is 2.32. The van der Waals surface area contributed by atoms with Crippen molar-refractivity contribution in [2.24, 2.45) is 11.7 Å².